The molecule has 0 fully saturated rings. The molecule has 0 aliphatic rings. The van der Waals surface area contributed by atoms with Gasteiger partial charge in [0.25, 0.3) is 0 Å². The third-order valence-electron chi connectivity index (χ3n) is 6.22. The van der Waals surface area contributed by atoms with Crippen LogP contribution in [0.1, 0.15) is 36.5 Å². The minimum Gasteiger partial charge on any atom is -0.289 e. The van der Waals surface area contributed by atoms with Gasteiger partial charge in [0.1, 0.15) is 0 Å². The van der Waals surface area contributed by atoms with Crippen molar-refractivity contribution in [2.24, 2.45) is 0 Å². The Hall–Kier alpha value is -2.80. The lowest BCUT2D eigenvalue weighted by Crippen LogP contribution is -2.33. The molecule has 0 N–H and O–H groups in total. The molecule has 0 amide bonds. The molecule has 0 aromatic heterocycles. The van der Waals surface area contributed by atoms with Crippen molar-refractivity contribution in [2.75, 3.05) is 6.26 Å². The zero-order valence-electron chi connectivity index (χ0n) is 19.9. The first-order chi connectivity index (χ1) is 16.7. The normalized spacial score (nSPS) is 11.2. The van der Waals surface area contributed by atoms with Gasteiger partial charge in [0.15, 0.2) is 5.78 Å². The highest BCUT2D eigenvalue weighted by atomic mass is 32.2. The number of hydrogen-bond donors (Lipinski definition) is 0. The maximum Gasteiger partial charge on any atom is 0.191 e. The molecule has 0 unspecified atom stereocenters. The monoisotopic (exact) mass is 482 g/mol. The van der Waals surface area contributed by atoms with Crippen molar-refractivity contribution in [1.82, 2.24) is 0 Å². The van der Waals surface area contributed by atoms with Gasteiger partial charge in [-0.15, -0.1) is 11.8 Å². The first-order valence-electron chi connectivity index (χ1n) is 11.8. The van der Waals surface area contributed by atoms with Crippen LogP contribution >= 0.6 is 18.6 Å². The Morgan fingerprint density at radius 3 is 1.56 bits per heavy atom. The summed E-state index contributed by atoms with van der Waals surface area (Å²) in [6, 6.07) is 40.2. The minimum absolute atomic E-state index is 0.184. The van der Waals surface area contributed by atoms with Crippen LogP contribution < -0.4 is 15.9 Å². The highest BCUT2D eigenvalue weighted by Crippen LogP contribution is 2.48. The zero-order valence-corrected chi connectivity index (χ0v) is 21.6. The van der Waals surface area contributed by atoms with E-state index in [2.05, 4.69) is 104 Å². The molecular weight excluding hydrogens is 451 g/mol. The number of ketones is 1. The molecule has 0 aliphatic heterocycles. The van der Waals surface area contributed by atoms with E-state index in [1.54, 1.807) is 11.8 Å². The van der Waals surface area contributed by atoms with Crippen LogP contribution in [0.25, 0.3) is 0 Å². The van der Waals surface area contributed by atoms with E-state index < -0.39 is 6.89 Å². The van der Waals surface area contributed by atoms with E-state index in [0.717, 1.165) is 35.0 Å². The Balaban J connectivity index is 2.20. The predicted molar refractivity (Wildman–Crippen MR) is 152 cm³/mol. The second-order valence-electron chi connectivity index (χ2n) is 8.26. The number of unbranched alkanes of at least 4 members (excludes halogenated alkanes) is 1. The van der Waals surface area contributed by atoms with Gasteiger partial charge in [-0.2, -0.15) is 0 Å². The molecule has 0 aliphatic carbocycles. The van der Waals surface area contributed by atoms with Crippen LogP contribution in [-0.2, 0) is 0 Å². The van der Waals surface area contributed by atoms with Crippen LogP contribution in [0.3, 0.4) is 0 Å². The van der Waals surface area contributed by atoms with Gasteiger partial charge >= 0.3 is 0 Å². The second-order valence-corrected chi connectivity index (χ2v) is 12.5. The largest absolute Gasteiger partial charge is 0.289 e. The highest BCUT2D eigenvalue weighted by Gasteiger charge is 2.33. The third kappa shape index (κ3) is 4.71. The number of rotatable bonds is 9. The molecule has 0 heterocycles. The number of Topliss-reactive ketones (excluding diaryl/α,β-unsaturated/α-hetero) is 1. The Labute approximate surface area is 208 Å². The highest BCUT2D eigenvalue weighted by molar-refractivity contribution is 7.98. The lowest BCUT2D eigenvalue weighted by Gasteiger charge is -2.33. The van der Waals surface area contributed by atoms with Gasteiger partial charge in [0.2, 0.25) is 0 Å². The molecule has 1 nitrogen and oxygen atoms in total. The molecular formula is C31H31OPS. The number of thioether (sulfide) groups is 1. The van der Waals surface area contributed by atoms with Gasteiger partial charge < -0.3 is 0 Å². The molecule has 0 spiro atoms. The molecule has 172 valence electrons. The van der Waals surface area contributed by atoms with Crippen LogP contribution in [0, 0.1) is 0 Å². The molecule has 0 bridgehead atoms. The Kier molecular flexibility index (Phi) is 8.27. The quantitative estimate of drug-likeness (QED) is 0.146. The van der Waals surface area contributed by atoms with Crippen LogP contribution in [0.15, 0.2) is 120 Å². The summed E-state index contributed by atoms with van der Waals surface area (Å²) in [5.41, 5.74) is 0.813. The molecule has 4 aromatic rings. The molecule has 4 aromatic carbocycles. The van der Waals surface area contributed by atoms with E-state index >= 15 is 0 Å². The van der Waals surface area contributed by atoms with Crippen molar-refractivity contribution in [3.63, 3.8) is 0 Å². The summed E-state index contributed by atoms with van der Waals surface area (Å²) in [6.45, 7) is -0.187. The molecule has 34 heavy (non-hydrogen) atoms. The molecule has 3 heteroatoms. The molecule has 0 atom stereocenters. The Morgan fingerprint density at radius 1 is 0.676 bits per heavy atom. The SMILES string of the molecule is CCCCC(C(=O)c1ccccc1SC)=P(c1ccccc1)(c1ccccc1)c1ccccc1. The van der Waals surface area contributed by atoms with Gasteiger partial charge in [-0.1, -0.05) is 116 Å². The summed E-state index contributed by atoms with van der Waals surface area (Å²) in [5, 5.41) is 4.73. The van der Waals surface area contributed by atoms with Crippen LogP contribution in [0.5, 0.6) is 0 Å². The van der Waals surface area contributed by atoms with Gasteiger partial charge in [0.05, 0.1) is 0 Å². The van der Waals surface area contributed by atoms with Crippen molar-refractivity contribution in [1.29, 1.82) is 0 Å². The smallest absolute Gasteiger partial charge is 0.191 e. The second kappa shape index (κ2) is 11.6. The minimum atomic E-state index is -2.39. The van der Waals surface area contributed by atoms with Crippen LogP contribution in [0.4, 0.5) is 0 Å². The van der Waals surface area contributed by atoms with Crippen molar-refractivity contribution in [3.8, 4) is 0 Å². The first kappa shape index (κ1) is 24.3. The molecule has 4 rings (SSSR count). The van der Waals surface area contributed by atoms with E-state index in [1.165, 1.54) is 15.9 Å². The number of carbonyl (C=O) groups is 1. The Bertz CT molecular complexity index is 1180. The van der Waals surface area contributed by atoms with E-state index in [-0.39, 0.29) is 5.78 Å². The van der Waals surface area contributed by atoms with Crippen molar-refractivity contribution < 1.29 is 4.79 Å². The summed E-state index contributed by atoms with van der Waals surface area (Å²) in [6.07, 6.45) is 4.85. The third-order valence-corrected chi connectivity index (χ3v) is 11.5. The summed E-state index contributed by atoms with van der Waals surface area (Å²) in [4.78, 5) is 15.6. The van der Waals surface area contributed by atoms with E-state index in [9.17, 15) is 4.79 Å². The van der Waals surface area contributed by atoms with Crippen LogP contribution in [-0.4, -0.2) is 17.3 Å². The van der Waals surface area contributed by atoms with Gasteiger partial charge in [0, 0.05) is 15.8 Å². The van der Waals surface area contributed by atoms with Crippen molar-refractivity contribution >= 4 is 45.6 Å². The summed E-state index contributed by atoms with van der Waals surface area (Å²) >= 11 is 1.64. The Morgan fingerprint density at radius 2 is 1.12 bits per heavy atom. The standard InChI is InChI=1S/C31H31OPS/c1-3-4-23-29(31(32)28-22-14-15-24-30(28)34-2)33(25-16-8-5-9-17-25,26-18-10-6-11-19-26)27-20-12-7-13-21-27/h5-22,24H,3-4,23H2,1-2H3. The van der Waals surface area contributed by atoms with Gasteiger partial charge in [-0.3, -0.25) is 4.79 Å². The van der Waals surface area contributed by atoms with E-state index in [0.29, 0.717) is 0 Å². The number of hydrogen-bond acceptors (Lipinski definition) is 2. The number of carbonyl (C=O) groups excluding carboxylic acids is 1. The molecule has 0 radical (unpaired) electrons. The van der Waals surface area contributed by atoms with Gasteiger partial charge in [-0.05, 0) is 54.0 Å². The lowest BCUT2D eigenvalue weighted by molar-refractivity contribution is 0.106. The summed E-state index contributed by atoms with van der Waals surface area (Å²) < 4.78 is 0. The predicted octanol–water partition coefficient (Wildman–Crippen LogP) is 6.95. The maximum atomic E-state index is 14.6. The topological polar surface area (TPSA) is 17.1 Å². The molecule has 0 saturated carbocycles. The van der Waals surface area contributed by atoms with Crippen molar-refractivity contribution in [3.05, 3.63) is 121 Å². The zero-order chi connectivity index (χ0) is 23.8. The fraction of sp³-hybridized carbons (Fsp3) is 0.161. The lowest BCUT2D eigenvalue weighted by atomic mass is 10.0. The van der Waals surface area contributed by atoms with Gasteiger partial charge in [-0.25, -0.2) is 0 Å². The van der Waals surface area contributed by atoms with E-state index in [1.807, 2.05) is 24.5 Å². The summed E-state index contributed by atoms with van der Waals surface area (Å²) in [5.74, 6) is 0.184. The first-order valence-corrected chi connectivity index (χ1v) is 14.8. The fourth-order valence-corrected chi connectivity index (χ4v) is 9.84. The average molecular weight is 483 g/mol. The average Bonchev–Trinajstić information content (AvgIpc) is 2.92. The molecule has 0 saturated heterocycles. The van der Waals surface area contributed by atoms with E-state index in [4.69, 9.17) is 0 Å². The van der Waals surface area contributed by atoms with Crippen molar-refractivity contribution in [2.45, 2.75) is 31.1 Å². The summed E-state index contributed by atoms with van der Waals surface area (Å²) in [7, 11) is 0. The fourth-order valence-electron chi connectivity index (χ4n) is 4.63. The maximum absolute atomic E-state index is 14.6. The number of benzene rings is 4. The van der Waals surface area contributed by atoms with Crippen LogP contribution in [0.2, 0.25) is 0 Å².